The van der Waals surface area contributed by atoms with E-state index >= 15 is 0 Å². The second-order valence-corrected chi connectivity index (χ2v) is 4.63. The fourth-order valence-electron chi connectivity index (χ4n) is 1.99. The van der Waals surface area contributed by atoms with Gasteiger partial charge >= 0.3 is 0 Å². The van der Waals surface area contributed by atoms with Crippen molar-refractivity contribution in [1.82, 2.24) is 14.8 Å². The van der Waals surface area contributed by atoms with Gasteiger partial charge < -0.3 is 4.74 Å². The molecule has 0 bridgehead atoms. The molecule has 1 aromatic heterocycles. The Morgan fingerprint density at radius 2 is 1.86 bits per heavy atom. The number of aromatic nitrogens is 3. The zero-order valence-electron chi connectivity index (χ0n) is 11.7. The summed E-state index contributed by atoms with van der Waals surface area (Å²) in [4.78, 5) is 3.92. The quantitative estimate of drug-likeness (QED) is 0.721. The van der Waals surface area contributed by atoms with Gasteiger partial charge in [0.25, 0.3) is 0 Å². The summed E-state index contributed by atoms with van der Waals surface area (Å²) in [5, 5.41) is 4.07. The fraction of sp³-hybridized carbons (Fsp3) is 0.0588. The Morgan fingerprint density at radius 1 is 1.05 bits per heavy atom. The SMILES string of the molecule is C/C(=C/n1cncn1)c1cccc(Oc2ccccc2)c1. The molecule has 3 aromatic rings. The first-order chi connectivity index (χ1) is 10.3. The molecule has 21 heavy (non-hydrogen) atoms. The lowest BCUT2D eigenvalue weighted by molar-refractivity contribution is 0.482. The Morgan fingerprint density at radius 3 is 2.62 bits per heavy atom. The van der Waals surface area contributed by atoms with Crippen molar-refractivity contribution in [3.05, 3.63) is 72.8 Å². The van der Waals surface area contributed by atoms with Crippen molar-refractivity contribution >= 4 is 11.8 Å². The normalized spacial score (nSPS) is 11.4. The number of allylic oxidation sites excluding steroid dienone is 1. The van der Waals surface area contributed by atoms with Crippen LogP contribution in [0.4, 0.5) is 0 Å². The summed E-state index contributed by atoms with van der Waals surface area (Å²) in [6, 6.07) is 17.7. The van der Waals surface area contributed by atoms with Crippen LogP contribution < -0.4 is 4.74 Å². The molecule has 0 fully saturated rings. The first kappa shape index (κ1) is 13.1. The van der Waals surface area contributed by atoms with Crippen LogP contribution in [0.5, 0.6) is 11.5 Å². The van der Waals surface area contributed by atoms with Crippen LogP contribution >= 0.6 is 0 Å². The molecular weight excluding hydrogens is 262 g/mol. The van der Waals surface area contributed by atoms with Gasteiger partial charge in [-0.2, -0.15) is 5.10 Å². The standard InChI is InChI=1S/C17H15N3O/c1-14(11-20-13-18-12-19-20)15-6-5-9-17(10-15)21-16-7-3-2-4-8-16/h2-13H,1H3/b14-11-. The van der Waals surface area contributed by atoms with E-state index < -0.39 is 0 Å². The van der Waals surface area contributed by atoms with Gasteiger partial charge in [-0.15, -0.1) is 0 Å². The molecule has 0 amide bonds. The molecule has 0 atom stereocenters. The maximum absolute atomic E-state index is 5.84. The smallest absolute Gasteiger partial charge is 0.138 e. The minimum absolute atomic E-state index is 0.810. The molecule has 4 heteroatoms. The van der Waals surface area contributed by atoms with Crippen LogP contribution in [0, 0.1) is 0 Å². The average molecular weight is 277 g/mol. The Balaban J connectivity index is 1.83. The van der Waals surface area contributed by atoms with Crippen molar-refractivity contribution in [2.45, 2.75) is 6.92 Å². The highest BCUT2D eigenvalue weighted by Crippen LogP contribution is 2.24. The molecule has 0 aliphatic rings. The molecule has 3 rings (SSSR count). The number of hydrogen-bond acceptors (Lipinski definition) is 3. The second kappa shape index (κ2) is 6.05. The van der Waals surface area contributed by atoms with Crippen LogP contribution in [0.2, 0.25) is 0 Å². The van der Waals surface area contributed by atoms with E-state index in [4.69, 9.17) is 4.74 Å². The van der Waals surface area contributed by atoms with Crippen molar-refractivity contribution in [2.75, 3.05) is 0 Å². The van der Waals surface area contributed by atoms with Gasteiger partial charge in [-0.25, -0.2) is 9.67 Å². The van der Waals surface area contributed by atoms with Gasteiger partial charge in [0.05, 0.1) is 0 Å². The molecular formula is C17H15N3O. The van der Waals surface area contributed by atoms with Crippen molar-refractivity contribution < 1.29 is 4.74 Å². The van der Waals surface area contributed by atoms with Crippen LogP contribution in [-0.2, 0) is 0 Å². The third-order valence-electron chi connectivity index (χ3n) is 3.03. The van der Waals surface area contributed by atoms with Gasteiger partial charge in [-0.3, -0.25) is 0 Å². The largest absolute Gasteiger partial charge is 0.457 e. The van der Waals surface area contributed by atoms with Gasteiger partial charge in [0.15, 0.2) is 0 Å². The molecule has 0 aliphatic heterocycles. The third kappa shape index (κ3) is 3.36. The zero-order valence-corrected chi connectivity index (χ0v) is 11.7. The highest BCUT2D eigenvalue weighted by atomic mass is 16.5. The number of nitrogens with zero attached hydrogens (tertiary/aromatic N) is 3. The van der Waals surface area contributed by atoms with E-state index in [2.05, 4.69) is 10.1 Å². The molecule has 0 radical (unpaired) electrons. The van der Waals surface area contributed by atoms with Crippen LogP contribution in [-0.4, -0.2) is 14.8 Å². The Hall–Kier alpha value is -2.88. The molecule has 4 nitrogen and oxygen atoms in total. The predicted octanol–water partition coefficient (Wildman–Crippen LogP) is 4.09. The number of para-hydroxylation sites is 1. The third-order valence-corrected chi connectivity index (χ3v) is 3.03. The summed E-state index contributed by atoms with van der Waals surface area (Å²) >= 11 is 0. The molecule has 0 saturated carbocycles. The number of hydrogen-bond donors (Lipinski definition) is 0. The highest BCUT2D eigenvalue weighted by Gasteiger charge is 2.01. The van der Waals surface area contributed by atoms with Gasteiger partial charge in [0.2, 0.25) is 0 Å². The minimum atomic E-state index is 0.810. The van der Waals surface area contributed by atoms with Crippen LogP contribution in [0.25, 0.3) is 11.8 Å². The van der Waals surface area contributed by atoms with E-state index in [1.807, 2.05) is 67.7 Å². The van der Waals surface area contributed by atoms with Crippen molar-refractivity contribution in [1.29, 1.82) is 0 Å². The topological polar surface area (TPSA) is 39.9 Å². The van der Waals surface area contributed by atoms with Gasteiger partial charge in [-0.1, -0.05) is 30.3 Å². The minimum Gasteiger partial charge on any atom is -0.457 e. The molecule has 0 aliphatic carbocycles. The van der Waals surface area contributed by atoms with Crippen LogP contribution in [0.15, 0.2) is 67.3 Å². The summed E-state index contributed by atoms with van der Waals surface area (Å²) in [6.45, 7) is 2.03. The van der Waals surface area contributed by atoms with E-state index in [1.165, 1.54) is 6.33 Å². The van der Waals surface area contributed by atoms with Crippen molar-refractivity contribution in [2.24, 2.45) is 0 Å². The maximum Gasteiger partial charge on any atom is 0.138 e. The monoisotopic (exact) mass is 277 g/mol. The predicted molar refractivity (Wildman–Crippen MR) is 82.8 cm³/mol. The molecule has 0 spiro atoms. The molecule has 0 N–H and O–H groups in total. The lowest BCUT2D eigenvalue weighted by Crippen LogP contribution is -1.90. The Kier molecular flexibility index (Phi) is 3.78. The maximum atomic E-state index is 5.84. The summed E-state index contributed by atoms with van der Waals surface area (Å²) < 4.78 is 7.52. The number of ether oxygens (including phenoxy) is 1. The van der Waals surface area contributed by atoms with Crippen molar-refractivity contribution in [3.63, 3.8) is 0 Å². The fourth-order valence-corrected chi connectivity index (χ4v) is 1.99. The van der Waals surface area contributed by atoms with E-state index in [9.17, 15) is 0 Å². The molecule has 0 saturated heterocycles. The first-order valence-corrected chi connectivity index (χ1v) is 6.67. The van der Waals surface area contributed by atoms with Crippen LogP contribution in [0.1, 0.15) is 12.5 Å². The summed E-state index contributed by atoms with van der Waals surface area (Å²) in [7, 11) is 0. The molecule has 0 unspecified atom stereocenters. The van der Waals surface area contributed by atoms with E-state index in [1.54, 1.807) is 11.0 Å². The lowest BCUT2D eigenvalue weighted by atomic mass is 10.1. The van der Waals surface area contributed by atoms with Gasteiger partial charge in [0, 0.05) is 6.20 Å². The number of rotatable bonds is 4. The van der Waals surface area contributed by atoms with Gasteiger partial charge in [-0.05, 0) is 42.3 Å². The second-order valence-electron chi connectivity index (χ2n) is 4.63. The number of benzene rings is 2. The van der Waals surface area contributed by atoms with Crippen LogP contribution in [0.3, 0.4) is 0 Å². The summed E-state index contributed by atoms with van der Waals surface area (Å²) in [5.41, 5.74) is 2.16. The lowest BCUT2D eigenvalue weighted by Gasteiger charge is -2.08. The Bertz CT molecular complexity index is 734. The molecule has 2 aromatic carbocycles. The van der Waals surface area contributed by atoms with E-state index in [0.717, 1.165) is 22.6 Å². The summed E-state index contributed by atoms with van der Waals surface area (Å²) in [6.07, 6.45) is 5.10. The zero-order chi connectivity index (χ0) is 14.5. The van der Waals surface area contributed by atoms with Crippen molar-refractivity contribution in [3.8, 4) is 11.5 Å². The molecule has 104 valence electrons. The van der Waals surface area contributed by atoms with E-state index in [0.29, 0.717) is 0 Å². The Labute approximate surface area is 123 Å². The average Bonchev–Trinajstić information content (AvgIpc) is 3.01. The highest BCUT2D eigenvalue weighted by molar-refractivity contribution is 5.74. The summed E-state index contributed by atoms with van der Waals surface area (Å²) in [5.74, 6) is 1.64. The first-order valence-electron chi connectivity index (χ1n) is 6.67. The van der Waals surface area contributed by atoms with E-state index in [-0.39, 0.29) is 0 Å². The molecule has 1 heterocycles. The van der Waals surface area contributed by atoms with Gasteiger partial charge in [0.1, 0.15) is 24.2 Å².